The Hall–Kier alpha value is -2.01. The molecular weight excluding hydrogens is 272 g/mol. The van der Waals surface area contributed by atoms with E-state index in [1.54, 1.807) is 33.3 Å². The molecule has 1 rings (SSSR count). The van der Waals surface area contributed by atoms with Crippen molar-refractivity contribution in [1.82, 2.24) is 0 Å². The second-order valence-electron chi connectivity index (χ2n) is 5.09. The van der Waals surface area contributed by atoms with Crippen LogP contribution in [0.2, 0.25) is 0 Å². The van der Waals surface area contributed by atoms with Crippen LogP contribution in [-0.2, 0) is 4.79 Å². The molecule has 0 aromatic heterocycles. The van der Waals surface area contributed by atoms with Crippen molar-refractivity contribution in [2.24, 2.45) is 0 Å². The molecule has 0 spiro atoms. The van der Waals surface area contributed by atoms with Crippen molar-refractivity contribution in [3.05, 3.63) is 34.9 Å². The molecule has 0 amide bonds. The van der Waals surface area contributed by atoms with E-state index in [0.29, 0.717) is 22.6 Å². The van der Waals surface area contributed by atoms with Gasteiger partial charge in [0.25, 0.3) is 0 Å². The van der Waals surface area contributed by atoms with Crippen LogP contribution in [0.1, 0.15) is 43.9 Å². The second kappa shape index (κ2) is 7.13. The van der Waals surface area contributed by atoms with Crippen LogP contribution in [0.5, 0.6) is 11.5 Å². The number of carboxylic acids is 1. The van der Waals surface area contributed by atoms with E-state index in [0.717, 1.165) is 11.6 Å². The molecule has 5 nitrogen and oxygen atoms in total. The lowest BCUT2D eigenvalue weighted by atomic mass is 9.90. The third-order valence-electron chi connectivity index (χ3n) is 3.27. The van der Waals surface area contributed by atoms with Gasteiger partial charge in [-0.25, -0.2) is 4.79 Å². The summed E-state index contributed by atoms with van der Waals surface area (Å²) in [6.07, 6.45) is 0.00387. The van der Waals surface area contributed by atoms with Gasteiger partial charge in [0.05, 0.1) is 14.2 Å². The molecule has 2 N–H and O–H groups in total. The number of benzene rings is 1. The molecule has 116 valence electrons. The SMILES string of the molecule is COc1ccc(C(O)C(C)=CC(=O)O)c(C(C)C)c1OC. The fourth-order valence-corrected chi connectivity index (χ4v) is 2.32. The van der Waals surface area contributed by atoms with Gasteiger partial charge in [-0.1, -0.05) is 19.9 Å². The van der Waals surface area contributed by atoms with Crippen LogP contribution in [0.25, 0.3) is 0 Å². The van der Waals surface area contributed by atoms with Crippen molar-refractivity contribution < 1.29 is 24.5 Å². The standard InChI is InChI=1S/C16H22O5/c1-9(2)14-11(15(19)10(3)8-13(17)18)6-7-12(20-4)16(14)21-5/h6-9,15,19H,1-5H3,(H,17,18). The zero-order valence-corrected chi connectivity index (χ0v) is 13.0. The van der Waals surface area contributed by atoms with Crippen LogP contribution >= 0.6 is 0 Å². The largest absolute Gasteiger partial charge is 0.493 e. The van der Waals surface area contributed by atoms with E-state index in [1.165, 1.54) is 0 Å². The highest BCUT2D eigenvalue weighted by molar-refractivity contribution is 5.80. The molecule has 1 aromatic rings. The lowest BCUT2D eigenvalue weighted by molar-refractivity contribution is -0.131. The number of hydrogen-bond donors (Lipinski definition) is 2. The van der Waals surface area contributed by atoms with Gasteiger partial charge >= 0.3 is 5.97 Å². The molecule has 1 atom stereocenters. The smallest absolute Gasteiger partial charge is 0.328 e. The van der Waals surface area contributed by atoms with Crippen molar-refractivity contribution in [3.8, 4) is 11.5 Å². The van der Waals surface area contributed by atoms with E-state index >= 15 is 0 Å². The molecule has 21 heavy (non-hydrogen) atoms. The van der Waals surface area contributed by atoms with Gasteiger partial charge in [0.15, 0.2) is 11.5 Å². The van der Waals surface area contributed by atoms with Crippen LogP contribution in [0, 0.1) is 0 Å². The van der Waals surface area contributed by atoms with Crippen molar-refractivity contribution in [3.63, 3.8) is 0 Å². The van der Waals surface area contributed by atoms with Crippen LogP contribution in [0.4, 0.5) is 0 Å². The van der Waals surface area contributed by atoms with E-state index in [4.69, 9.17) is 14.6 Å². The minimum Gasteiger partial charge on any atom is -0.493 e. The first kappa shape index (κ1) is 17.0. The number of rotatable bonds is 6. The number of carboxylic acid groups (broad SMARTS) is 1. The Morgan fingerprint density at radius 2 is 1.86 bits per heavy atom. The average Bonchev–Trinajstić information content (AvgIpc) is 2.43. The minimum absolute atomic E-state index is 0.0809. The average molecular weight is 294 g/mol. The summed E-state index contributed by atoms with van der Waals surface area (Å²) in [5.41, 5.74) is 1.79. The van der Waals surface area contributed by atoms with Crippen molar-refractivity contribution in [2.75, 3.05) is 14.2 Å². The highest BCUT2D eigenvalue weighted by Crippen LogP contribution is 2.41. The van der Waals surface area contributed by atoms with Gasteiger partial charge in [0, 0.05) is 11.6 Å². The topological polar surface area (TPSA) is 76.0 Å². The Bertz CT molecular complexity index is 546. The summed E-state index contributed by atoms with van der Waals surface area (Å²) in [4.78, 5) is 10.8. The fourth-order valence-electron chi connectivity index (χ4n) is 2.32. The number of aliphatic hydroxyl groups excluding tert-OH is 1. The molecular formula is C16H22O5. The molecule has 1 unspecified atom stereocenters. The van der Waals surface area contributed by atoms with Gasteiger partial charge in [0.1, 0.15) is 6.10 Å². The van der Waals surface area contributed by atoms with E-state index < -0.39 is 12.1 Å². The summed E-state index contributed by atoms with van der Waals surface area (Å²) >= 11 is 0. The molecule has 0 fully saturated rings. The lowest BCUT2D eigenvalue weighted by Crippen LogP contribution is -2.09. The van der Waals surface area contributed by atoms with Gasteiger partial charge in [-0.2, -0.15) is 0 Å². The molecule has 0 heterocycles. The lowest BCUT2D eigenvalue weighted by Gasteiger charge is -2.22. The van der Waals surface area contributed by atoms with Crippen LogP contribution in [0.15, 0.2) is 23.8 Å². The molecule has 0 aliphatic rings. The number of aliphatic carboxylic acids is 1. The molecule has 0 saturated heterocycles. The summed E-state index contributed by atoms with van der Waals surface area (Å²) in [6.45, 7) is 5.53. The van der Waals surface area contributed by atoms with Crippen LogP contribution < -0.4 is 9.47 Å². The van der Waals surface area contributed by atoms with Gasteiger partial charge in [-0.3, -0.25) is 0 Å². The quantitative estimate of drug-likeness (QED) is 0.789. The van der Waals surface area contributed by atoms with Gasteiger partial charge in [-0.15, -0.1) is 0 Å². The van der Waals surface area contributed by atoms with E-state index in [-0.39, 0.29) is 5.92 Å². The minimum atomic E-state index is -1.09. The van der Waals surface area contributed by atoms with Crippen molar-refractivity contribution >= 4 is 5.97 Å². The second-order valence-corrected chi connectivity index (χ2v) is 5.09. The third kappa shape index (κ3) is 3.76. The molecule has 0 saturated carbocycles. The van der Waals surface area contributed by atoms with Gasteiger partial charge in [0.2, 0.25) is 0 Å². The molecule has 1 aromatic carbocycles. The summed E-state index contributed by atoms with van der Waals surface area (Å²) in [5.74, 6) is 0.139. The van der Waals surface area contributed by atoms with E-state index in [9.17, 15) is 9.90 Å². The maximum atomic E-state index is 10.8. The monoisotopic (exact) mass is 294 g/mol. The predicted octanol–water partition coefficient (Wildman–Crippen LogP) is 2.89. The van der Waals surface area contributed by atoms with Crippen LogP contribution in [-0.4, -0.2) is 30.4 Å². The zero-order valence-electron chi connectivity index (χ0n) is 13.0. The number of hydrogen-bond acceptors (Lipinski definition) is 4. The molecule has 0 aliphatic heterocycles. The normalized spacial score (nSPS) is 13.2. The number of methoxy groups -OCH3 is 2. The molecule has 0 radical (unpaired) electrons. The number of aliphatic hydroxyl groups is 1. The summed E-state index contributed by atoms with van der Waals surface area (Å²) in [7, 11) is 3.09. The maximum Gasteiger partial charge on any atom is 0.328 e. The Labute approximate surface area is 124 Å². The Morgan fingerprint density at radius 1 is 1.24 bits per heavy atom. The zero-order chi connectivity index (χ0) is 16.2. The highest BCUT2D eigenvalue weighted by atomic mass is 16.5. The summed E-state index contributed by atoms with van der Waals surface area (Å²) < 4.78 is 10.7. The van der Waals surface area contributed by atoms with Gasteiger partial charge in [-0.05, 0) is 30.0 Å². The first-order chi connectivity index (χ1) is 9.83. The fraction of sp³-hybridized carbons (Fsp3) is 0.438. The molecule has 0 bridgehead atoms. The Morgan fingerprint density at radius 3 is 2.29 bits per heavy atom. The van der Waals surface area contributed by atoms with Gasteiger partial charge < -0.3 is 19.7 Å². The van der Waals surface area contributed by atoms with E-state index in [2.05, 4.69) is 0 Å². The van der Waals surface area contributed by atoms with Crippen molar-refractivity contribution in [2.45, 2.75) is 32.8 Å². The molecule has 5 heteroatoms. The third-order valence-corrected chi connectivity index (χ3v) is 3.27. The summed E-state index contributed by atoms with van der Waals surface area (Å²) in [6, 6.07) is 3.44. The predicted molar refractivity (Wildman–Crippen MR) is 80.0 cm³/mol. The highest BCUT2D eigenvalue weighted by Gasteiger charge is 2.23. The summed E-state index contributed by atoms with van der Waals surface area (Å²) in [5, 5.41) is 19.2. The van der Waals surface area contributed by atoms with Crippen LogP contribution in [0.3, 0.4) is 0 Å². The van der Waals surface area contributed by atoms with Crippen molar-refractivity contribution in [1.29, 1.82) is 0 Å². The number of ether oxygens (including phenoxy) is 2. The number of carbonyl (C=O) groups is 1. The Balaban J connectivity index is 3.46. The maximum absolute atomic E-state index is 10.8. The molecule has 0 aliphatic carbocycles. The first-order valence-corrected chi connectivity index (χ1v) is 6.67. The Kier molecular flexibility index (Phi) is 5.79. The first-order valence-electron chi connectivity index (χ1n) is 6.67. The van der Waals surface area contributed by atoms with E-state index in [1.807, 2.05) is 13.8 Å².